The smallest absolute Gasteiger partial charge is 0.225 e. The van der Waals surface area contributed by atoms with E-state index in [1.54, 1.807) is 0 Å². The summed E-state index contributed by atoms with van der Waals surface area (Å²) in [5, 5.41) is 0. The standard InChI is InChI=1S/C15H29N3O/c1-11-9-12(16)6-7-14(11)15(19)18(3)13-5-4-8-17(2)10-13/h11-14H,4-10,16H2,1-3H3. The number of carbonyl (C=O) groups is 1. The quantitative estimate of drug-likeness (QED) is 0.820. The molecule has 1 aliphatic carbocycles. The number of likely N-dealkylation sites (N-methyl/N-ethyl adjacent to an activating group) is 2. The molecule has 1 saturated heterocycles. The van der Waals surface area contributed by atoms with E-state index in [4.69, 9.17) is 5.73 Å². The van der Waals surface area contributed by atoms with Gasteiger partial charge in [0.1, 0.15) is 0 Å². The summed E-state index contributed by atoms with van der Waals surface area (Å²) in [4.78, 5) is 17.0. The molecule has 0 spiro atoms. The van der Waals surface area contributed by atoms with Gasteiger partial charge in [-0.1, -0.05) is 6.92 Å². The van der Waals surface area contributed by atoms with Crippen LogP contribution in [-0.4, -0.2) is 55.0 Å². The van der Waals surface area contributed by atoms with Crippen molar-refractivity contribution in [3.05, 3.63) is 0 Å². The Labute approximate surface area is 117 Å². The molecule has 4 nitrogen and oxygen atoms in total. The van der Waals surface area contributed by atoms with E-state index in [0.29, 0.717) is 23.9 Å². The Morgan fingerprint density at radius 3 is 2.68 bits per heavy atom. The van der Waals surface area contributed by atoms with Crippen molar-refractivity contribution in [2.75, 3.05) is 27.2 Å². The molecule has 110 valence electrons. The third-order valence-corrected chi connectivity index (χ3v) is 5.02. The van der Waals surface area contributed by atoms with E-state index >= 15 is 0 Å². The van der Waals surface area contributed by atoms with Crippen molar-refractivity contribution in [1.29, 1.82) is 0 Å². The van der Waals surface area contributed by atoms with Gasteiger partial charge in [-0.15, -0.1) is 0 Å². The van der Waals surface area contributed by atoms with Crippen LogP contribution in [0.2, 0.25) is 0 Å². The fourth-order valence-electron chi connectivity index (χ4n) is 3.70. The van der Waals surface area contributed by atoms with Crippen LogP contribution in [0.1, 0.15) is 39.0 Å². The van der Waals surface area contributed by atoms with Gasteiger partial charge in [0, 0.05) is 31.6 Å². The van der Waals surface area contributed by atoms with Gasteiger partial charge in [-0.25, -0.2) is 0 Å². The molecule has 1 heterocycles. The number of amides is 1. The fraction of sp³-hybridized carbons (Fsp3) is 0.933. The van der Waals surface area contributed by atoms with Crippen LogP contribution in [0.15, 0.2) is 0 Å². The van der Waals surface area contributed by atoms with Crippen molar-refractivity contribution < 1.29 is 4.79 Å². The molecule has 2 aliphatic rings. The Kier molecular flexibility index (Phi) is 4.85. The van der Waals surface area contributed by atoms with Gasteiger partial charge in [-0.3, -0.25) is 4.79 Å². The highest BCUT2D eigenvalue weighted by Crippen LogP contribution is 2.31. The van der Waals surface area contributed by atoms with Crippen molar-refractivity contribution in [2.45, 2.75) is 51.1 Å². The maximum Gasteiger partial charge on any atom is 0.225 e. The molecule has 0 bridgehead atoms. The molecule has 0 aromatic carbocycles. The van der Waals surface area contributed by atoms with Gasteiger partial charge >= 0.3 is 0 Å². The van der Waals surface area contributed by atoms with Gasteiger partial charge in [0.25, 0.3) is 0 Å². The summed E-state index contributed by atoms with van der Waals surface area (Å²) >= 11 is 0. The molecule has 4 atom stereocenters. The lowest BCUT2D eigenvalue weighted by Gasteiger charge is -2.40. The van der Waals surface area contributed by atoms with Crippen molar-refractivity contribution in [3.63, 3.8) is 0 Å². The third-order valence-electron chi connectivity index (χ3n) is 5.02. The van der Waals surface area contributed by atoms with E-state index in [9.17, 15) is 4.79 Å². The van der Waals surface area contributed by atoms with Crippen LogP contribution in [0.3, 0.4) is 0 Å². The van der Waals surface area contributed by atoms with E-state index in [-0.39, 0.29) is 5.92 Å². The molecule has 2 rings (SSSR count). The number of carbonyl (C=O) groups excluding carboxylic acids is 1. The van der Waals surface area contributed by atoms with Crippen molar-refractivity contribution >= 4 is 5.91 Å². The largest absolute Gasteiger partial charge is 0.341 e. The zero-order chi connectivity index (χ0) is 14.0. The molecule has 1 saturated carbocycles. The fourth-order valence-corrected chi connectivity index (χ4v) is 3.70. The average Bonchev–Trinajstić information content (AvgIpc) is 2.37. The molecule has 1 aliphatic heterocycles. The van der Waals surface area contributed by atoms with Crippen LogP contribution >= 0.6 is 0 Å². The van der Waals surface area contributed by atoms with Gasteiger partial charge in [-0.05, 0) is 51.6 Å². The molecular formula is C15H29N3O. The maximum atomic E-state index is 12.7. The lowest BCUT2D eigenvalue weighted by molar-refractivity contribution is -0.140. The minimum Gasteiger partial charge on any atom is -0.341 e. The predicted molar refractivity (Wildman–Crippen MR) is 77.8 cm³/mol. The summed E-state index contributed by atoms with van der Waals surface area (Å²) in [6.07, 6.45) is 5.30. The second-order valence-electron chi connectivity index (χ2n) is 6.66. The second-order valence-corrected chi connectivity index (χ2v) is 6.66. The summed E-state index contributed by atoms with van der Waals surface area (Å²) in [5.74, 6) is 0.969. The molecule has 0 aromatic heterocycles. The van der Waals surface area contributed by atoms with Crippen LogP contribution in [0, 0.1) is 11.8 Å². The number of hydrogen-bond acceptors (Lipinski definition) is 3. The lowest BCUT2D eigenvalue weighted by atomic mass is 9.77. The topological polar surface area (TPSA) is 49.6 Å². The lowest BCUT2D eigenvalue weighted by Crippen LogP contribution is -2.50. The molecule has 0 radical (unpaired) electrons. The summed E-state index contributed by atoms with van der Waals surface area (Å²) in [5.41, 5.74) is 5.99. The molecule has 4 heteroatoms. The van der Waals surface area contributed by atoms with E-state index in [1.165, 1.54) is 6.42 Å². The van der Waals surface area contributed by atoms with E-state index in [2.05, 4.69) is 18.9 Å². The molecule has 19 heavy (non-hydrogen) atoms. The molecule has 2 N–H and O–H groups in total. The number of hydrogen-bond donors (Lipinski definition) is 1. The SMILES string of the molecule is CC1CC(N)CCC1C(=O)N(C)C1CCCN(C)C1. The first-order chi connectivity index (χ1) is 8.99. The Hall–Kier alpha value is -0.610. The van der Waals surface area contributed by atoms with Crippen LogP contribution in [-0.2, 0) is 4.79 Å². The van der Waals surface area contributed by atoms with Crippen molar-refractivity contribution in [3.8, 4) is 0 Å². The first-order valence-corrected chi connectivity index (χ1v) is 7.69. The number of nitrogens with two attached hydrogens (primary N) is 1. The first-order valence-electron chi connectivity index (χ1n) is 7.69. The minimum atomic E-state index is 0.192. The summed E-state index contributed by atoms with van der Waals surface area (Å²) < 4.78 is 0. The molecule has 2 fully saturated rings. The Bertz CT molecular complexity index is 321. The highest BCUT2D eigenvalue weighted by molar-refractivity contribution is 5.79. The normalized spacial score (nSPS) is 37.1. The number of piperidine rings is 1. The van der Waals surface area contributed by atoms with Crippen LogP contribution < -0.4 is 5.73 Å². The van der Waals surface area contributed by atoms with E-state index in [1.807, 2.05) is 11.9 Å². The van der Waals surface area contributed by atoms with E-state index < -0.39 is 0 Å². The maximum absolute atomic E-state index is 12.7. The highest BCUT2D eigenvalue weighted by atomic mass is 16.2. The second kappa shape index (κ2) is 6.23. The molecule has 0 aromatic rings. The summed E-state index contributed by atoms with van der Waals surface area (Å²) in [6, 6.07) is 0.694. The van der Waals surface area contributed by atoms with Crippen LogP contribution in [0.5, 0.6) is 0 Å². The number of rotatable bonds is 2. The average molecular weight is 267 g/mol. The summed E-state index contributed by atoms with van der Waals surface area (Å²) in [6.45, 7) is 4.36. The van der Waals surface area contributed by atoms with Gasteiger partial charge < -0.3 is 15.5 Å². The predicted octanol–water partition coefficient (Wildman–Crippen LogP) is 1.30. The van der Waals surface area contributed by atoms with Crippen LogP contribution in [0.4, 0.5) is 0 Å². The van der Waals surface area contributed by atoms with E-state index in [0.717, 1.165) is 38.8 Å². The molecule has 4 unspecified atom stereocenters. The van der Waals surface area contributed by atoms with Crippen molar-refractivity contribution in [1.82, 2.24) is 9.80 Å². The van der Waals surface area contributed by atoms with Gasteiger partial charge in [0.05, 0.1) is 0 Å². The van der Waals surface area contributed by atoms with Crippen LogP contribution in [0.25, 0.3) is 0 Å². The zero-order valence-electron chi connectivity index (χ0n) is 12.6. The first kappa shape index (κ1) is 14.8. The number of nitrogens with zero attached hydrogens (tertiary/aromatic N) is 2. The Balaban J connectivity index is 1.94. The Morgan fingerprint density at radius 2 is 2.05 bits per heavy atom. The number of likely N-dealkylation sites (tertiary alicyclic amines) is 1. The van der Waals surface area contributed by atoms with Gasteiger partial charge in [0.2, 0.25) is 5.91 Å². The monoisotopic (exact) mass is 267 g/mol. The molecular weight excluding hydrogens is 238 g/mol. The highest BCUT2D eigenvalue weighted by Gasteiger charge is 2.35. The zero-order valence-corrected chi connectivity index (χ0v) is 12.6. The van der Waals surface area contributed by atoms with Gasteiger partial charge in [-0.2, -0.15) is 0 Å². The summed E-state index contributed by atoms with van der Waals surface area (Å²) in [7, 11) is 4.14. The van der Waals surface area contributed by atoms with Crippen molar-refractivity contribution in [2.24, 2.45) is 17.6 Å². The minimum absolute atomic E-state index is 0.192. The Morgan fingerprint density at radius 1 is 1.32 bits per heavy atom. The molecule has 1 amide bonds. The third kappa shape index (κ3) is 3.48. The van der Waals surface area contributed by atoms with Gasteiger partial charge in [0.15, 0.2) is 0 Å².